The molecule has 3 N–H and O–H groups in total. The minimum atomic E-state index is -1.01. The van der Waals surface area contributed by atoms with E-state index in [4.69, 9.17) is 10.00 Å². The molecule has 1 spiro atoms. The number of rotatable bonds is 4. The van der Waals surface area contributed by atoms with Gasteiger partial charge in [-0.25, -0.2) is 4.39 Å². The van der Waals surface area contributed by atoms with Gasteiger partial charge in [0.15, 0.2) is 0 Å². The van der Waals surface area contributed by atoms with Crippen LogP contribution in [0.4, 0.5) is 15.8 Å². The smallest absolute Gasteiger partial charge is 0.241 e. The summed E-state index contributed by atoms with van der Waals surface area (Å²) in [5.41, 5.74) is 1.42. The normalized spacial score (nSPS) is 21.5. The minimum Gasteiger partial charge on any atom is -0.495 e. The predicted molar refractivity (Wildman–Crippen MR) is 123 cm³/mol. The Balaban J connectivity index is 1.59. The lowest BCUT2D eigenvalue weighted by molar-refractivity contribution is -0.120. The highest BCUT2D eigenvalue weighted by atomic mass is 19.1. The van der Waals surface area contributed by atoms with Gasteiger partial charge >= 0.3 is 0 Å². The van der Waals surface area contributed by atoms with Gasteiger partial charge in [-0.3, -0.25) is 9.59 Å². The van der Waals surface area contributed by atoms with Crippen LogP contribution in [0.5, 0.6) is 5.75 Å². The number of hydrogen-bond donors (Lipinski definition) is 3. The molecule has 0 aromatic heterocycles. The number of carbonyl (C=O) groups is 2. The Kier molecular flexibility index (Phi) is 5.62. The molecule has 4 rings (SSSR count). The number of nitriles is 1. The maximum atomic E-state index is 14.9. The van der Waals surface area contributed by atoms with Crippen molar-refractivity contribution in [3.8, 4) is 11.8 Å². The van der Waals surface area contributed by atoms with Crippen LogP contribution in [-0.2, 0) is 21.4 Å². The van der Waals surface area contributed by atoms with Gasteiger partial charge in [0.05, 0.1) is 41.6 Å². The summed E-state index contributed by atoms with van der Waals surface area (Å²) in [5, 5.41) is 17.7. The molecule has 172 valence electrons. The van der Waals surface area contributed by atoms with E-state index in [9.17, 15) is 14.0 Å². The Bertz CT molecular complexity index is 1180. The number of anilines is 2. The number of fused-ring (bicyclic) bond motifs is 2. The van der Waals surface area contributed by atoms with Crippen molar-refractivity contribution in [2.24, 2.45) is 5.41 Å². The summed E-state index contributed by atoms with van der Waals surface area (Å²) in [6, 6.07) is 9.48. The first-order chi connectivity index (χ1) is 15.6. The van der Waals surface area contributed by atoms with E-state index >= 15 is 0 Å². The Hall–Kier alpha value is -3.44. The molecule has 2 aromatic rings. The average molecular weight is 451 g/mol. The van der Waals surface area contributed by atoms with Crippen LogP contribution in [0.3, 0.4) is 0 Å². The summed E-state index contributed by atoms with van der Waals surface area (Å²) >= 11 is 0. The van der Waals surface area contributed by atoms with Crippen LogP contribution >= 0.6 is 0 Å². The Morgan fingerprint density at radius 2 is 2.09 bits per heavy atom. The molecular formula is C25H27FN4O3. The predicted octanol–water partition coefficient (Wildman–Crippen LogP) is 3.49. The van der Waals surface area contributed by atoms with Gasteiger partial charge in [0.2, 0.25) is 11.8 Å². The van der Waals surface area contributed by atoms with Gasteiger partial charge < -0.3 is 20.7 Å². The van der Waals surface area contributed by atoms with Gasteiger partial charge in [0.25, 0.3) is 0 Å². The number of hydrogen-bond acceptors (Lipinski definition) is 5. The molecule has 0 radical (unpaired) electrons. The molecule has 8 heteroatoms. The zero-order chi connectivity index (χ0) is 24.0. The quantitative estimate of drug-likeness (QED) is 0.662. The van der Waals surface area contributed by atoms with E-state index < -0.39 is 17.3 Å². The summed E-state index contributed by atoms with van der Waals surface area (Å²) in [4.78, 5) is 26.0. The molecule has 0 saturated carbocycles. The highest BCUT2D eigenvalue weighted by Crippen LogP contribution is 2.45. The summed E-state index contributed by atoms with van der Waals surface area (Å²) in [5.74, 6) is -0.717. The van der Waals surface area contributed by atoms with Crippen molar-refractivity contribution < 1.29 is 18.7 Å². The molecule has 2 aromatic carbocycles. The Labute approximate surface area is 192 Å². The molecule has 2 heterocycles. The van der Waals surface area contributed by atoms with E-state index in [0.717, 1.165) is 5.56 Å². The number of carbonyl (C=O) groups excluding carboxylic acids is 2. The number of nitrogens with one attached hydrogen (secondary N) is 3. The third-order valence-corrected chi connectivity index (χ3v) is 6.18. The fraction of sp³-hybridized carbons (Fsp3) is 0.400. The van der Waals surface area contributed by atoms with Crippen LogP contribution in [-0.4, -0.2) is 31.5 Å². The topological polar surface area (TPSA) is 103 Å². The highest BCUT2D eigenvalue weighted by Gasteiger charge is 2.54. The highest BCUT2D eigenvalue weighted by molar-refractivity contribution is 6.08. The standard InChI is InChI=1S/C25H27FN4O3/c1-24(2,3)10-15-7-16-21(17(26)8-15)30-23(32)25(16)11-19(28-13-25)22(31)29-18-6-5-14(12-27)9-20(18)33-4/h5-9,19,28H,10-11,13H2,1-4H3,(H,29,31)(H,30,32). The SMILES string of the molecule is COc1cc(C#N)ccc1NC(=O)C1CC2(CN1)C(=O)Nc1c(F)cc(CC(C)(C)C)cc12. The average Bonchev–Trinajstić information content (AvgIpc) is 3.31. The fourth-order valence-corrected chi connectivity index (χ4v) is 4.67. The van der Waals surface area contributed by atoms with Gasteiger partial charge in [-0.15, -0.1) is 0 Å². The zero-order valence-corrected chi connectivity index (χ0v) is 19.1. The molecule has 0 aliphatic carbocycles. The summed E-state index contributed by atoms with van der Waals surface area (Å²) in [6.07, 6.45) is 0.867. The van der Waals surface area contributed by atoms with Gasteiger partial charge in [-0.1, -0.05) is 26.8 Å². The molecule has 2 atom stereocenters. The van der Waals surface area contributed by atoms with Gasteiger partial charge in [0, 0.05) is 12.6 Å². The molecule has 1 saturated heterocycles. The van der Waals surface area contributed by atoms with Crippen LogP contribution in [0.15, 0.2) is 30.3 Å². The first kappa shape index (κ1) is 22.7. The van der Waals surface area contributed by atoms with E-state index in [1.54, 1.807) is 18.2 Å². The second-order valence-electron chi connectivity index (χ2n) is 9.93. The first-order valence-electron chi connectivity index (χ1n) is 10.8. The van der Waals surface area contributed by atoms with E-state index in [-0.39, 0.29) is 35.9 Å². The third-order valence-electron chi connectivity index (χ3n) is 6.18. The molecule has 33 heavy (non-hydrogen) atoms. The number of methoxy groups -OCH3 is 1. The maximum absolute atomic E-state index is 14.9. The maximum Gasteiger partial charge on any atom is 0.241 e. The van der Waals surface area contributed by atoms with Crippen LogP contribution in [0.2, 0.25) is 0 Å². The molecule has 0 bridgehead atoms. The van der Waals surface area contributed by atoms with Gasteiger partial charge in [0.1, 0.15) is 11.6 Å². The van der Waals surface area contributed by atoms with Crippen molar-refractivity contribution in [3.63, 3.8) is 0 Å². The van der Waals surface area contributed by atoms with Crippen molar-refractivity contribution in [2.45, 2.75) is 45.1 Å². The molecule has 7 nitrogen and oxygen atoms in total. The second kappa shape index (κ2) is 8.16. The van der Waals surface area contributed by atoms with E-state index in [2.05, 4.69) is 36.7 Å². The minimum absolute atomic E-state index is 0.0413. The fourth-order valence-electron chi connectivity index (χ4n) is 4.67. The van der Waals surface area contributed by atoms with Gasteiger partial charge in [-0.05, 0) is 47.6 Å². The van der Waals surface area contributed by atoms with E-state index in [1.165, 1.54) is 13.2 Å². The van der Waals surface area contributed by atoms with Gasteiger partial charge in [-0.2, -0.15) is 5.26 Å². The number of amides is 2. The van der Waals surface area contributed by atoms with Crippen molar-refractivity contribution in [1.29, 1.82) is 5.26 Å². The lowest BCUT2D eigenvalue weighted by Gasteiger charge is -2.23. The number of halogens is 1. The monoisotopic (exact) mass is 450 g/mol. The number of benzene rings is 2. The summed E-state index contributed by atoms with van der Waals surface area (Å²) in [7, 11) is 1.46. The molecule has 2 aliphatic rings. The molecule has 2 unspecified atom stereocenters. The van der Waals surface area contributed by atoms with Crippen LogP contribution in [0.1, 0.15) is 43.9 Å². The lowest BCUT2D eigenvalue weighted by atomic mass is 9.77. The van der Waals surface area contributed by atoms with E-state index in [1.807, 2.05) is 12.1 Å². The third kappa shape index (κ3) is 4.16. The van der Waals surface area contributed by atoms with Crippen molar-refractivity contribution in [3.05, 3.63) is 52.8 Å². The van der Waals surface area contributed by atoms with Crippen molar-refractivity contribution in [2.75, 3.05) is 24.3 Å². The van der Waals surface area contributed by atoms with Crippen LogP contribution in [0, 0.1) is 22.6 Å². The lowest BCUT2D eigenvalue weighted by Crippen LogP contribution is -2.36. The summed E-state index contributed by atoms with van der Waals surface area (Å²) in [6.45, 7) is 6.46. The number of ether oxygens (including phenoxy) is 1. The zero-order valence-electron chi connectivity index (χ0n) is 19.1. The largest absolute Gasteiger partial charge is 0.495 e. The Morgan fingerprint density at radius 1 is 1.33 bits per heavy atom. The molecule has 1 fully saturated rings. The van der Waals surface area contributed by atoms with Crippen molar-refractivity contribution in [1.82, 2.24) is 5.32 Å². The first-order valence-corrected chi connectivity index (χ1v) is 10.8. The molecular weight excluding hydrogens is 423 g/mol. The number of nitrogens with zero attached hydrogens (tertiary/aromatic N) is 1. The summed E-state index contributed by atoms with van der Waals surface area (Å²) < 4.78 is 20.2. The Morgan fingerprint density at radius 3 is 2.76 bits per heavy atom. The van der Waals surface area contributed by atoms with Crippen LogP contribution < -0.4 is 20.7 Å². The second-order valence-corrected chi connectivity index (χ2v) is 9.93. The molecule has 2 amide bonds. The van der Waals surface area contributed by atoms with E-state index in [0.29, 0.717) is 29.0 Å². The van der Waals surface area contributed by atoms with Crippen molar-refractivity contribution >= 4 is 23.2 Å². The molecule has 2 aliphatic heterocycles. The van der Waals surface area contributed by atoms with Crippen LogP contribution in [0.25, 0.3) is 0 Å².